The molecule has 1 aromatic heterocycles. The van der Waals surface area contributed by atoms with Gasteiger partial charge >= 0.3 is 7.12 Å². The van der Waals surface area contributed by atoms with E-state index in [9.17, 15) is 9.18 Å². The maximum Gasteiger partial charge on any atom is 0.498 e. The standard InChI is InChI=1S/C23H25BF2N2O4/c1-22(2)23(3,4)32-24(31-22)19-15-8-9-27-20(15)13(10-17(19)26)12-28-21(29)16-11-14(25)6-7-18(16)30-5/h6-11,27H,12H2,1-5H3,(H,28,29). The molecule has 3 aromatic rings. The van der Waals surface area contributed by atoms with Crippen molar-refractivity contribution in [3.05, 3.63) is 59.3 Å². The van der Waals surface area contributed by atoms with Crippen molar-refractivity contribution in [3.8, 4) is 5.75 Å². The summed E-state index contributed by atoms with van der Waals surface area (Å²) >= 11 is 0. The first-order valence-corrected chi connectivity index (χ1v) is 10.3. The monoisotopic (exact) mass is 442 g/mol. The lowest BCUT2D eigenvalue weighted by atomic mass is 9.76. The fourth-order valence-corrected chi connectivity index (χ4v) is 3.76. The number of fused-ring (bicyclic) bond motifs is 1. The van der Waals surface area contributed by atoms with E-state index >= 15 is 4.39 Å². The Labute approximate surface area is 185 Å². The molecule has 0 unspecified atom stereocenters. The number of methoxy groups -OCH3 is 1. The second-order valence-electron chi connectivity index (χ2n) is 8.81. The number of amides is 1. The molecule has 0 atom stereocenters. The molecule has 1 saturated heterocycles. The lowest BCUT2D eigenvalue weighted by Crippen LogP contribution is -2.41. The van der Waals surface area contributed by atoms with Crippen LogP contribution in [-0.4, -0.2) is 36.3 Å². The van der Waals surface area contributed by atoms with Crippen LogP contribution in [0.1, 0.15) is 43.6 Å². The second-order valence-corrected chi connectivity index (χ2v) is 8.81. The predicted octanol–water partition coefficient (Wildman–Crippen LogP) is 3.68. The third kappa shape index (κ3) is 3.76. The Morgan fingerprint density at radius 1 is 1.12 bits per heavy atom. The average molecular weight is 442 g/mol. The van der Waals surface area contributed by atoms with Crippen molar-refractivity contribution >= 4 is 29.4 Å². The molecule has 9 heteroatoms. The number of benzene rings is 2. The number of carbonyl (C=O) groups excluding carboxylic acids is 1. The molecule has 1 aliphatic rings. The Hall–Kier alpha value is -2.91. The van der Waals surface area contributed by atoms with E-state index in [2.05, 4.69) is 10.3 Å². The number of ether oxygens (including phenoxy) is 1. The fraction of sp³-hybridized carbons (Fsp3) is 0.348. The van der Waals surface area contributed by atoms with Crippen LogP contribution in [0.25, 0.3) is 10.9 Å². The summed E-state index contributed by atoms with van der Waals surface area (Å²) in [5.41, 5.74) is 0.340. The van der Waals surface area contributed by atoms with Crippen LogP contribution in [0.5, 0.6) is 5.75 Å². The normalized spacial score (nSPS) is 17.0. The molecule has 1 amide bonds. The number of aromatic nitrogens is 1. The molecule has 0 radical (unpaired) electrons. The zero-order valence-corrected chi connectivity index (χ0v) is 18.6. The average Bonchev–Trinajstić information content (AvgIpc) is 3.27. The molecular weight excluding hydrogens is 417 g/mol. The molecule has 4 rings (SSSR count). The highest BCUT2D eigenvalue weighted by Gasteiger charge is 2.53. The van der Waals surface area contributed by atoms with Crippen LogP contribution in [0.4, 0.5) is 8.78 Å². The fourth-order valence-electron chi connectivity index (χ4n) is 3.76. The molecule has 0 aliphatic carbocycles. The number of rotatable bonds is 5. The summed E-state index contributed by atoms with van der Waals surface area (Å²) in [6, 6.07) is 6.79. The van der Waals surface area contributed by atoms with Crippen LogP contribution < -0.4 is 15.5 Å². The van der Waals surface area contributed by atoms with Gasteiger partial charge in [-0.15, -0.1) is 0 Å². The van der Waals surface area contributed by atoms with Crippen LogP contribution in [0, 0.1) is 11.6 Å². The van der Waals surface area contributed by atoms with Gasteiger partial charge in [-0.1, -0.05) is 0 Å². The number of H-pyrrole nitrogens is 1. The summed E-state index contributed by atoms with van der Waals surface area (Å²) in [6.07, 6.45) is 1.69. The van der Waals surface area contributed by atoms with Gasteiger partial charge in [-0.2, -0.15) is 0 Å². The van der Waals surface area contributed by atoms with Gasteiger partial charge in [0.1, 0.15) is 17.4 Å². The molecular formula is C23H25BF2N2O4. The highest BCUT2D eigenvalue weighted by molar-refractivity contribution is 6.65. The summed E-state index contributed by atoms with van der Waals surface area (Å²) in [6.45, 7) is 7.65. The third-order valence-corrected chi connectivity index (χ3v) is 6.25. The highest BCUT2D eigenvalue weighted by atomic mass is 19.1. The van der Waals surface area contributed by atoms with Gasteiger partial charge in [-0.3, -0.25) is 4.79 Å². The Morgan fingerprint density at radius 3 is 2.47 bits per heavy atom. The number of hydrogen-bond acceptors (Lipinski definition) is 4. The van der Waals surface area contributed by atoms with Crippen LogP contribution in [0.3, 0.4) is 0 Å². The molecule has 32 heavy (non-hydrogen) atoms. The van der Waals surface area contributed by atoms with Crippen LogP contribution in [0.15, 0.2) is 36.5 Å². The topological polar surface area (TPSA) is 72.6 Å². The van der Waals surface area contributed by atoms with E-state index in [4.69, 9.17) is 14.0 Å². The summed E-state index contributed by atoms with van der Waals surface area (Å²) < 4.78 is 46.1. The van der Waals surface area contributed by atoms with Gasteiger partial charge < -0.3 is 24.3 Å². The van der Waals surface area contributed by atoms with E-state index in [1.165, 1.54) is 25.3 Å². The van der Waals surface area contributed by atoms with Crippen LogP contribution in [0.2, 0.25) is 0 Å². The van der Waals surface area contributed by atoms with E-state index < -0.39 is 35.9 Å². The Morgan fingerprint density at radius 2 is 1.81 bits per heavy atom. The summed E-state index contributed by atoms with van der Waals surface area (Å²) in [4.78, 5) is 15.7. The number of hydrogen-bond donors (Lipinski definition) is 2. The SMILES string of the molecule is COc1ccc(F)cc1C(=O)NCc1cc(F)c(B2OC(C)(C)C(C)(C)O2)c2cc[nH]c12. The Bertz CT molecular complexity index is 1180. The highest BCUT2D eigenvalue weighted by Crippen LogP contribution is 2.37. The van der Waals surface area contributed by atoms with Gasteiger partial charge in [0.25, 0.3) is 5.91 Å². The van der Waals surface area contributed by atoms with Gasteiger partial charge in [-0.25, -0.2) is 8.78 Å². The Balaban J connectivity index is 1.63. The van der Waals surface area contributed by atoms with Crippen molar-refractivity contribution in [2.45, 2.75) is 45.4 Å². The van der Waals surface area contributed by atoms with Crippen molar-refractivity contribution in [1.29, 1.82) is 0 Å². The predicted molar refractivity (Wildman–Crippen MR) is 118 cm³/mol. The number of nitrogens with one attached hydrogen (secondary N) is 2. The molecule has 168 valence electrons. The number of halogens is 2. The van der Waals surface area contributed by atoms with Crippen molar-refractivity contribution < 1.29 is 27.6 Å². The van der Waals surface area contributed by atoms with E-state index in [1.807, 2.05) is 27.7 Å². The first-order valence-electron chi connectivity index (χ1n) is 10.3. The largest absolute Gasteiger partial charge is 0.498 e. The van der Waals surface area contributed by atoms with Crippen LogP contribution >= 0.6 is 0 Å². The molecule has 6 nitrogen and oxygen atoms in total. The van der Waals surface area contributed by atoms with Gasteiger partial charge in [0.15, 0.2) is 0 Å². The molecule has 0 bridgehead atoms. The van der Waals surface area contributed by atoms with E-state index in [0.717, 1.165) is 6.07 Å². The summed E-state index contributed by atoms with van der Waals surface area (Å²) in [7, 11) is 0.537. The van der Waals surface area contributed by atoms with E-state index in [-0.39, 0.29) is 17.9 Å². The van der Waals surface area contributed by atoms with E-state index in [1.54, 1.807) is 12.3 Å². The minimum Gasteiger partial charge on any atom is -0.496 e. The molecule has 1 fully saturated rings. The lowest BCUT2D eigenvalue weighted by molar-refractivity contribution is 0.00578. The minimum absolute atomic E-state index is 0.0239. The molecule has 2 heterocycles. The first-order chi connectivity index (χ1) is 15.0. The maximum atomic E-state index is 15.3. The minimum atomic E-state index is -0.863. The summed E-state index contributed by atoms with van der Waals surface area (Å²) in [5, 5.41) is 3.31. The number of aromatic amines is 1. The molecule has 2 aromatic carbocycles. The molecule has 2 N–H and O–H groups in total. The quantitative estimate of drug-likeness (QED) is 0.592. The Kier molecular flexibility index (Phi) is 5.50. The third-order valence-electron chi connectivity index (χ3n) is 6.25. The van der Waals surface area contributed by atoms with Crippen molar-refractivity contribution in [2.24, 2.45) is 0 Å². The number of carbonyl (C=O) groups is 1. The van der Waals surface area contributed by atoms with Gasteiger partial charge in [-0.05, 0) is 63.6 Å². The first kappa shape index (κ1) is 22.3. The lowest BCUT2D eigenvalue weighted by Gasteiger charge is -2.32. The van der Waals surface area contributed by atoms with E-state index in [0.29, 0.717) is 21.9 Å². The second kappa shape index (κ2) is 7.90. The summed E-state index contributed by atoms with van der Waals surface area (Å²) in [5.74, 6) is -1.34. The molecule has 0 spiro atoms. The zero-order valence-electron chi connectivity index (χ0n) is 18.6. The van der Waals surface area contributed by atoms with Gasteiger partial charge in [0.05, 0.1) is 29.4 Å². The smallest absolute Gasteiger partial charge is 0.496 e. The van der Waals surface area contributed by atoms with Crippen molar-refractivity contribution in [3.63, 3.8) is 0 Å². The van der Waals surface area contributed by atoms with Crippen molar-refractivity contribution in [1.82, 2.24) is 10.3 Å². The van der Waals surface area contributed by atoms with Crippen molar-refractivity contribution in [2.75, 3.05) is 7.11 Å². The molecule has 0 saturated carbocycles. The zero-order chi connectivity index (χ0) is 23.3. The maximum absolute atomic E-state index is 15.3. The van der Waals surface area contributed by atoms with Crippen LogP contribution in [-0.2, 0) is 15.9 Å². The van der Waals surface area contributed by atoms with Gasteiger partial charge in [0, 0.05) is 23.6 Å². The molecule has 1 aliphatic heterocycles. The van der Waals surface area contributed by atoms with Gasteiger partial charge in [0.2, 0.25) is 0 Å².